The summed E-state index contributed by atoms with van der Waals surface area (Å²) in [6.45, 7) is 3.39. The predicted molar refractivity (Wildman–Crippen MR) is 76.3 cm³/mol. The summed E-state index contributed by atoms with van der Waals surface area (Å²) in [6, 6.07) is 0. The molecule has 5 atom stereocenters. The van der Waals surface area contributed by atoms with Crippen LogP contribution in [0.2, 0.25) is 0 Å². The van der Waals surface area contributed by atoms with Crippen molar-refractivity contribution in [2.75, 3.05) is 7.11 Å². The fourth-order valence-corrected chi connectivity index (χ4v) is 2.71. The van der Waals surface area contributed by atoms with Gasteiger partial charge in [0.2, 0.25) is 0 Å². The third-order valence-corrected chi connectivity index (χ3v) is 3.56. The molecule has 1 saturated heterocycles. The number of halogens is 1. The highest BCUT2D eigenvalue weighted by molar-refractivity contribution is 9.09. The molecule has 0 amide bonds. The van der Waals surface area contributed by atoms with E-state index in [1.165, 1.54) is 0 Å². The fraction of sp³-hybridized carbons (Fsp3) is 0.692. The van der Waals surface area contributed by atoms with Gasteiger partial charge in [-0.1, -0.05) is 15.9 Å². The normalized spacial score (nSPS) is 30.0. The van der Waals surface area contributed by atoms with Crippen molar-refractivity contribution in [3.63, 3.8) is 0 Å². The first kappa shape index (κ1) is 19.4. The zero-order chi connectivity index (χ0) is 17.7. The van der Waals surface area contributed by atoms with Gasteiger partial charge in [-0.25, -0.2) is 4.79 Å². The van der Waals surface area contributed by atoms with Crippen LogP contribution < -0.4 is 0 Å². The second kappa shape index (κ2) is 8.25. The molecule has 0 aliphatic carbocycles. The van der Waals surface area contributed by atoms with Crippen LogP contribution in [0.3, 0.4) is 0 Å². The van der Waals surface area contributed by atoms with Crippen LogP contribution in [0.5, 0.6) is 0 Å². The maximum absolute atomic E-state index is 11.9. The molecule has 0 N–H and O–H groups in total. The lowest BCUT2D eigenvalue weighted by atomic mass is 9.99. The second-order valence-corrected chi connectivity index (χ2v) is 5.56. The molecular formula is C13H17BrO9. The van der Waals surface area contributed by atoms with Crippen molar-refractivity contribution >= 4 is 39.8 Å². The summed E-state index contributed by atoms with van der Waals surface area (Å²) in [5, 5.41) is -0.980. The van der Waals surface area contributed by atoms with Crippen molar-refractivity contribution in [3.05, 3.63) is 0 Å². The molecule has 0 bridgehead atoms. The van der Waals surface area contributed by atoms with Gasteiger partial charge in [0.15, 0.2) is 29.4 Å². The van der Waals surface area contributed by atoms with E-state index in [0.717, 1.165) is 27.9 Å². The lowest BCUT2D eigenvalue weighted by molar-refractivity contribution is -0.234. The quantitative estimate of drug-likeness (QED) is 0.369. The Kier molecular flexibility index (Phi) is 6.95. The molecule has 0 aromatic heterocycles. The minimum absolute atomic E-state index is 0.668. The summed E-state index contributed by atoms with van der Waals surface area (Å²) in [6.07, 6.45) is -5.06. The molecule has 1 heterocycles. The van der Waals surface area contributed by atoms with Crippen molar-refractivity contribution < 1.29 is 42.9 Å². The van der Waals surface area contributed by atoms with Gasteiger partial charge in [0.1, 0.15) is 0 Å². The van der Waals surface area contributed by atoms with Gasteiger partial charge in [0.05, 0.1) is 7.11 Å². The Morgan fingerprint density at radius 3 is 1.70 bits per heavy atom. The molecule has 0 aromatic rings. The molecule has 0 spiro atoms. The van der Waals surface area contributed by atoms with E-state index >= 15 is 0 Å². The van der Waals surface area contributed by atoms with Gasteiger partial charge in [-0.05, 0) is 0 Å². The van der Waals surface area contributed by atoms with Gasteiger partial charge in [0, 0.05) is 20.8 Å². The summed E-state index contributed by atoms with van der Waals surface area (Å²) in [4.78, 5) is 45.8. The molecule has 23 heavy (non-hydrogen) atoms. The molecule has 1 aliphatic heterocycles. The average molecular weight is 397 g/mol. The average Bonchev–Trinajstić information content (AvgIpc) is 2.43. The van der Waals surface area contributed by atoms with Crippen molar-refractivity contribution in [1.29, 1.82) is 0 Å². The maximum atomic E-state index is 11.9. The number of methoxy groups -OCH3 is 1. The second-order valence-electron chi connectivity index (χ2n) is 4.65. The number of carbonyl (C=O) groups is 4. The van der Waals surface area contributed by atoms with E-state index in [1.54, 1.807) is 0 Å². The van der Waals surface area contributed by atoms with Crippen LogP contribution in [-0.4, -0.2) is 60.4 Å². The highest BCUT2D eigenvalue weighted by atomic mass is 79.9. The molecule has 130 valence electrons. The van der Waals surface area contributed by atoms with E-state index in [2.05, 4.69) is 20.7 Å². The van der Waals surface area contributed by atoms with Gasteiger partial charge in [-0.15, -0.1) is 0 Å². The summed E-state index contributed by atoms with van der Waals surface area (Å²) >= 11 is 3.11. The van der Waals surface area contributed by atoms with Crippen LogP contribution >= 0.6 is 15.9 Å². The first-order chi connectivity index (χ1) is 10.7. The van der Waals surface area contributed by atoms with E-state index in [9.17, 15) is 19.2 Å². The lowest BCUT2D eigenvalue weighted by Crippen LogP contribution is -2.61. The molecule has 9 nitrogen and oxygen atoms in total. The number of hydrogen-bond acceptors (Lipinski definition) is 9. The van der Waals surface area contributed by atoms with Crippen LogP contribution in [-0.2, 0) is 42.9 Å². The van der Waals surface area contributed by atoms with Gasteiger partial charge in [0.25, 0.3) is 0 Å². The first-order valence-corrected chi connectivity index (χ1v) is 7.48. The van der Waals surface area contributed by atoms with E-state index < -0.39 is 53.3 Å². The van der Waals surface area contributed by atoms with Crippen LogP contribution in [0, 0.1) is 0 Å². The monoisotopic (exact) mass is 396 g/mol. The van der Waals surface area contributed by atoms with Crippen LogP contribution in [0.1, 0.15) is 20.8 Å². The van der Waals surface area contributed by atoms with E-state index in [1.807, 2.05) is 0 Å². The molecule has 1 fully saturated rings. The standard InChI is InChI=1S/C13H17BrO9/c1-5(15)20-8-9(21-6(2)16)11(13(18)19-4)23-12(14)10(8)22-7(3)17/h8-12H,1-4H3/t8?,9-,10+,11-,12+/m0/s1. The topological polar surface area (TPSA) is 114 Å². The largest absolute Gasteiger partial charge is 0.467 e. The third-order valence-electron chi connectivity index (χ3n) is 2.82. The first-order valence-electron chi connectivity index (χ1n) is 6.56. The lowest BCUT2D eigenvalue weighted by Gasteiger charge is -2.41. The highest BCUT2D eigenvalue weighted by Gasteiger charge is 2.53. The Bertz CT molecular complexity index is 492. The van der Waals surface area contributed by atoms with Crippen LogP contribution in [0.4, 0.5) is 0 Å². The Hall–Kier alpha value is -1.68. The Morgan fingerprint density at radius 2 is 1.26 bits per heavy atom. The number of ether oxygens (including phenoxy) is 5. The number of alkyl halides is 1. The summed E-state index contributed by atoms with van der Waals surface area (Å²) in [5.41, 5.74) is 0. The van der Waals surface area contributed by atoms with Crippen molar-refractivity contribution in [3.8, 4) is 0 Å². The summed E-state index contributed by atoms with van der Waals surface area (Å²) < 4.78 is 25.2. The Balaban J connectivity index is 3.21. The van der Waals surface area contributed by atoms with E-state index in [-0.39, 0.29) is 0 Å². The molecule has 0 aromatic carbocycles. The molecule has 10 heteroatoms. The summed E-state index contributed by atoms with van der Waals surface area (Å²) in [5.74, 6) is -2.95. The minimum atomic E-state index is -1.36. The molecule has 0 radical (unpaired) electrons. The van der Waals surface area contributed by atoms with Crippen molar-refractivity contribution in [2.24, 2.45) is 0 Å². The smallest absolute Gasteiger partial charge is 0.339 e. The predicted octanol–water partition coefficient (Wildman–Crippen LogP) is 0.0743. The Morgan fingerprint density at radius 1 is 0.826 bits per heavy atom. The number of rotatable bonds is 4. The van der Waals surface area contributed by atoms with Crippen molar-refractivity contribution in [2.45, 2.75) is 50.2 Å². The molecule has 1 rings (SSSR count). The number of esters is 4. The van der Waals surface area contributed by atoms with E-state index in [4.69, 9.17) is 18.9 Å². The van der Waals surface area contributed by atoms with Gasteiger partial charge in [-0.2, -0.15) is 0 Å². The number of hydrogen-bond donors (Lipinski definition) is 0. The van der Waals surface area contributed by atoms with Crippen molar-refractivity contribution in [1.82, 2.24) is 0 Å². The van der Waals surface area contributed by atoms with Crippen LogP contribution in [0.25, 0.3) is 0 Å². The van der Waals surface area contributed by atoms with Gasteiger partial charge >= 0.3 is 23.9 Å². The van der Waals surface area contributed by atoms with E-state index in [0.29, 0.717) is 0 Å². The van der Waals surface area contributed by atoms with Gasteiger partial charge < -0.3 is 23.7 Å². The SMILES string of the molecule is COC(=O)[C@H]1O[C@@H](Br)[C@H](OC(C)=O)C(OC(C)=O)[C@@H]1OC(C)=O. The maximum Gasteiger partial charge on any atom is 0.339 e. The minimum Gasteiger partial charge on any atom is -0.467 e. The Labute approximate surface area is 140 Å². The van der Waals surface area contributed by atoms with Gasteiger partial charge in [-0.3, -0.25) is 14.4 Å². The fourth-order valence-electron chi connectivity index (χ4n) is 2.07. The third kappa shape index (κ3) is 5.17. The zero-order valence-electron chi connectivity index (χ0n) is 12.9. The highest BCUT2D eigenvalue weighted by Crippen LogP contribution is 2.31. The summed E-state index contributed by atoms with van der Waals surface area (Å²) in [7, 11) is 1.12. The number of carbonyl (C=O) groups excluding carboxylic acids is 4. The molecular weight excluding hydrogens is 380 g/mol. The molecule has 1 aliphatic rings. The zero-order valence-corrected chi connectivity index (χ0v) is 14.5. The molecule has 1 unspecified atom stereocenters. The molecule has 0 saturated carbocycles. The van der Waals surface area contributed by atoms with Crippen LogP contribution in [0.15, 0.2) is 0 Å².